The molecule has 2 nitrogen and oxygen atoms in total. The molecule has 1 saturated carbocycles. The smallest absolute Gasteiger partial charge is 0.125 e. The molecule has 2 rings (SSSR count). The third-order valence-electron chi connectivity index (χ3n) is 3.76. The van der Waals surface area contributed by atoms with E-state index >= 15 is 0 Å². The largest absolute Gasteiger partial charge is 0.371 e. The van der Waals surface area contributed by atoms with Gasteiger partial charge in [0.2, 0.25) is 0 Å². The van der Waals surface area contributed by atoms with E-state index in [1.54, 1.807) is 12.1 Å². The molecular formula is C15H23FN2. The average molecular weight is 250 g/mol. The maximum Gasteiger partial charge on any atom is 0.125 e. The highest BCUT2D eigenvalue weighted by molar-refractivity contribution is 5.46. The van der Waals surface area contributed by atoms with Crippen LogP contribution in [0.3, 0.4) is 0 Å². The van der Waals surface area contributed by atoms with Crippen LogP contribution in [-0.2, 0) is 0 Å². The summed E-state index contributed by atoms with van der Waals surface area (Å²) in [5.74, 6) is 0.614. The van der Waals surface area contributed by atoms with Crippen LogP contribution in [0.4, 0.5) is 10.1 Å². The Kier molecular flexibility index (Phi) is 5.00. The van der Waals surface area contributed by atoms with Crippen molar-refractivity contribution in [3.05, 3.63) is 30.1 Å². The van der Waals surface area contributed by atoms with Crippen molar-refractivity contribution in [3.63, 3.8) is 0 Å². The summed E-state index contributed by atoms with van der Waals surface area (Å²) in [6, 6.07) is 6.91. The van der Waals surface area contributed by atoms with E-state index in [-0.39, 0.29) is 5.82 Å². The highest BCUT2D eigenvalue weighted by atomic mass is 19.1. The van der Waals surface area contributed by atoms with Gasteiger partial charge < -0.3 is 10.6 Å². The molecule has 0 bridgehead atoms. The Labute approximate surface area is 109 Å². The fourth-order valence-corrected chi connectivity index (χ4v) is 2.79. The van der Waals surface area contributed by atoms with E-state index in [9.17, 15) is 4.39 Å². The Morgan fingerprint density at radius 1 is 1.28 bits per heavy atom. The van der Waals surface area contributed by atoms with Crippen LogP contribution in [0.15, 0.2) is 24.3 Å². The van der Waals surface area contributed by atoms with Crippen LogP contribution in [-0.4, -0.2) is 19.6 Å². The number of nitrogens with zero attached hydrogens (tertiary/aromatic N) is 1. The first-order valence-electron chi connectivity index (χ1n) is 7.00. The van der Waals surface area contributed by atoms with Crippen LogP contribution in [0, 0.1) is 11.7 Å². The summed E-state index contributed by atoms with van der Waals surface area (Å²) in [5, 5.41) is 0. The summed E-state index contributed by atoms with van der Waals surface area (Å²) in [6.07, 6.45) is 6.28. The van der Waals surface area contributed by atoms with E-state index in [1.807, 2.05) is 6.07 Å². The Morgan fingerprint density at radius 2 is 2.06 bits per heavy atom. The molecule has 0 amide bonds. The summed E-state index contributed by atoms with van der Waals surface area (Å²) >= 11 is 0. The molecule has 1 aromatic rings. The molecule has 18 heavy (non-hydrogen) atoms. The first-order chi connectivity index (χ1) is 8.79. The maximum absolute atomic E-state index is 13.3. The molecule has 1 aliphatic carbocycles. The van der Waals surface area contributed by atoms with Crippen LogP contribution in [0.25, 0.3) is 0 Å². The molecule has 0 spiro atoms. The van der Waals surface area contributed by atoms with Gasteiger partial charge in [-0.25, -0.2) is 4.39 Å². The molecule has 0 aromatic heterocycles. The normalized spacial score (nSPS) is 16.1. The number of anilines is 1. The summed E-state index contributed by atoms with van der Waals surface area (Å²) in [4.78, 5) is 2.30. The SMILES string of the molecule is NCCCN(CC1CCCC1)c1cccc(F)c1. The molecule has 2 N–H and O–H groups in total. The zero-order chi connectivity index (χ0) is 12.8. The Hall–Kier alpha value is -1.09. The van der Waals surface area contributed by atoms with Gasteiger partial charge in [0.15, 0.2) is 0 Å². The summed E-state index contributed by atoms with van der Waals surface area (Å²) in [5.41, 5.74) is 6.59. The van der Waals surface area contributed by atoms with Crippen LogP contribution < -0.4 is 10.6 Å². The number of hydrogen-bond acceptors (Lipinski definition) is 2. The van der Waals surface area contributed by atoms with Crippen molar-refractivity contribution in [2.75, 3.05) is 24.5 Å². The van der Waals surface area contributed by atoms with Gasteiger partial charge in [-0.15, -0.1) is 0 Å². The topological polar surface area (TPSA) is 29.3 Å². The van der Waals surface area contributed by atoms with E-state index < -0.39 is 0 Å². The van der Waals surface area contributed by atoms with Gasteiger partial charge in [-0.05, 0) is 49.9 Å². The zero-order valence-corrected chi connectivity index (χ0v) is 10.9. The van der Waals surface area contributed by atoms with Crippen molar-refractivity contribution in [2.24, 2.45) is 11.7 Å². The second-order valence-corrected chi connectivity index (χ2v) is 5.22. The van der Waals surface area contributed by atoms with Gasteiger partial charge in [-0.1, -0.05) is 18.9 Å². The molecule has 0 saturated heterocycles. The minimum Gasteiger partial charge on any atom is -0.371 e. The molecule has 1 aliphatic rings. The first kappa shape index (κ1) is 13.3. The lowest BCUT2D eigenvalue weighted by molar-refractivity contribution is 0.526. The van der Waals surface area contributed by atoms with E-state index in [0.717, 1.165) is 31.1 Å². The molecule has 100 valence electrons. The van der Waals surface area contributed by atoms with Gasteiger partial charge in [0.25, 0.3) is 0 Å². The standard InChI is InChI=1S/C15H23FN2/c16-14-7-3-8-15(11-14)18(10-4-9-17)12-13-5-1-2-6-13/h3,7-8,11,13H,1-2,4-6,9-10,12,17H2. The maximum atomic E-state index is 13.3. The van der Waals surface area contributed by atoms with Crippen LogP contribution in [0.1, 0.15) is 32.1 Å². The third-order valence-corrected chi connectivity index (χ3v) is 3.76. The Balaban J connectivity index is 2.03. The second kappa shape index (κ2) is 6.74. The van der Waals surface area contributed by atoms with Crippen LogP contribution in [0.2, 0.25) is 0 Å². The molecule has 1 fully saturated rings. The summed E-state index contributed by atoms with van der Waals surface area (Å²) < 4.78 is 13.3. The van der Waals surface area contributed by atoms with Crippen molar-refractivity contribution in [1.82, 2.24) is 0 Å². The summed E-state index contributed by atoms with van der Waals surface area (Å²) in [6.45, 7) is 2.66. The molecular weight excluding hydrogens is 227 g/mol. The van der Waals surface area contributed by atoms with E-state index in [4.69, 9.17) is 5.73 Å². The molecule has 0 heterocycles. The van der Waals surface area contributed by atoms with Gasteiger partial charge >= 0.3 is 0 Å². The molecule has 3 heteroatoms. The van der Waals surface area contributed by atoms with Gasteiger partial charge in [0, 0.05) is 18.8 Å². The lowest BCUT2D eigenvalue weighted by Gasteiger charge is -2.27. The number of hydrogen-bond donors (Lipinski definition) is 1. The first-order valence-corrected chi connectivity index (χ1v) is 7.00. The highest BCUT2D eigenvalue weighted by Crippen LogP contribution is 2.27. The van der Waals surface area contributed by atoms with Crippen molar-refractivity contribution >= 4 is 5.69 Å². The monoisotopic (exact) mass is 250 g/mol. The van der Waals surface area contributed by atoms with E-state index in [1.165, 1.54) is 31.7 Å². The predicted molar refractivity (Wildman–Crippen MR) is 74.2 cm³/mol. The third kappa shape index (κ3) is 3.70. The molecule has 1 aromatic carbocycles. The van der Waals surface area contributed by atoms with Crippen LogP contribution >= 0.6 is 0 Å². The van der Waals surface area contributed by atoms with E-state index in [2.05, 4.69) is 4.90 Å². The van der Waals surface area contributed by atoms with Crippen molar-refractivity contribution in [3.8, 4) is 0 Å². The second-order valence-electron chi connectivity index (χ2n) is 5.22. The Bertz CT molecular complexity index is 361. The fourth-order valence-electron chi connectivity index (χ4n) is 2.79. The number of benzene rings is 1. The van der Waals surface area contributed by atoms with Gasteiger partial charge in [-0.2, -0.15) is 0 Å². The number of halogens is 1. The minimum atomic E-state index is -0.156. The van der Waals surface area contributed by atoms with Crippen molar-refractivity contribution in [1.29, 1.82) is 0 Å². The minimum absolute atomic E-state index is 0.156. The van der Waals surface area contributed by atoms with E-state index in [0.29, 0.717) is 6.54 Å². The van der Waals surface area contributed by atoms with Crippen molar-refractivity contribution in [2.45, 2.75) is 32.1 Å². The highest BCUT2D eigenvalue weighted by Gasteiger charge is 2.18. The average Bonchev–Trinajstić information content (AvgIpc) is 2.87. The van der Waals surface area contributed by atoms with Gasteiger partial charge in [0.05, 0.1) is 0 Å². The molecule has 0 unspecified atom stereocenters. The van der Waals surface area contributed by atoms with Gasteiger partial charge in [0.1, 0.15) is 5.82 Å². The lowest BCUT2D eigenvalue weighted by Crippen LogP contribution is -2.30. The zero-order valence-electron chi connectivity index (χ0n) is 10.9. The molecule has 0 radical (unpaired) electrons. The fraction of sp³-hybridized carbons (Fsp3) is 0.600. The predicted octanol–water partition coefficient (Wildman–Crippen LogP) is 3.17. The molecule has 0 atom stereocenters. The summed E-state index contributed by atoms with van der Waals surface area (Å²) in [7, 11) is 0. The number of rotatable bonds is 6. The quantitative estimate of drug-likeness (QED) is 0.840. The molecule has 0 aliphatic heterocycles. The number of nitrogens with two attached hydrogens (primary N) is 1. The van der Waals surface area contributed by atoms with Crippen LogP contribution in [0.5, 0.6) is 0 Å². The lowest BCUT2D eigenvalue weighted by atomic mass is 10.1. The Morgan fingerprint density at radius 3 is 2.72 bits per heavy atom. The van der Waals surface area contributed by atoms with Crippen molar-refractivity contribution < 1.29 is 4.39 Å². The van der Waals surface area contributed by atoms with Gasteiger partial charge in [-0.3, -0.25) is 0 Å².